The minimum Gasteiger partial charge on any atom is -0.465 e. The Balaban J connectivity index is 1.82. The largest absolute Gasteiger partial charge is 0.465 e. The summed E-state index contributed by atoms with van der Waals surface area (Å²) in [6.45, 7) is 1.56. The quantitative estimate of drug-likeness (QED) is 0.499. The number of rotatable bonds is 4. The van der Waals surface area contributed by atoms with Gasteiger partial charge in [-0.25, -0.2) is 4.79 Å². The Labute approximate surface area is 146 Å². The van der Waals surface area contributed by atoms with Crippen LogP contribution < -0.4 is 0 Å². The molecule has 0 radical (unpaired) electrons. The normalized spacial score (nSPS) is 10.3. The van der Waals surface area contributed by atoms with Crippen LogP contribution in [0.3, 0.4) is 0 Å². The van der Waals surface area contributed by atoms with E-state index in [9.17, 15) is 9.59 Å². The van der Waals surface area contributed by atoms with Crippen LogP contribution in [0.4, 0.5) is 0 Å². The van der Waals surface area contributed by atoms with Gasteiger partial charge in [-0.2, -0.15) is 0 Å². The van der Waals surface area contributed by atoms with Crippen LogP contribution in [0.2, 0.25) is 0 Å². The molecule has 0 heterocycles. The van der Waals surface area contributed by atoms with Crippen LogP contribution in [0.1, 0.15) is 27.6 Å². The molecule has 0 saturated heterocycles. The Bertz CT molecular complexity index is 890. The molecule has 0 unspecified atom stereocenters. The van der Waals surface area contributed by atoms with Crippen molar-refractivity contribution >= 4 is 11.8 Å². The highest BCUT2D eigenvalue weighted by Gasteiger charge is 2.06. The summed E-state index contributed by atoms with van der Waals surface area (Å²) in [5.41, 5.74) is 5.51. The highest BCUT2D eigenvalue weighted by Crippen LogP contribution is 2.25. The molecule has 0 atom stereocenters. The zero-order valence-corrected chi connectivity index (χ0v) is 14.2. The van der Waals surface area contributed by atoms with E-state index in [1.807, 2.05) is 60.7 Å². The van der Waals surface area contributed by atoms with E-state index < -0.39 is 0 Å². The van der Waals surface area contributed by atoms with Crippen molar-refractivity contribution < 1.29 is 14.3 Å². The molecule has 3 rings (SSSR count). The van der Waals surface area contributed by atoms with Gasteiger partial charge in [0.05, 0.1) is 12.7 Å². The molecule has 124 valence electrons. The third kappa shape index (κ3) is 3.66. The van der Waals surface area contributed by atoms with E-state index in [4.69, 9.17) is 4.74 Å². The molecule has 0 N–H and O–H groups in total. The average Bonchev–Trinajstić information content (AvgIpc) is 2.67. The number of ether oxygens (including phenoxy) is 1. The maximum atomic E-state index is 11.5. The maximum absolute atomic E-state index is 11.5. The first-order valence-corrected chi connectivity index (χ1v) is 7.98. The lowest BCUT2D eigenvalue weighted by Crippen LogP contribution is -2.00. The second kappa shape index (κ2) is 7.14. The van der Waals surface area contributed by atoms with Crippen molar-refractivity contribution in [3.05, 3.63) is 83.9 Å². The molecule has 0 aromatic heterocycles. The van der Waals surface area contributed by atoms with E-state index in [1.54, 1.807) is 19.1 Å². The summed E-state index contributed by atoms with van der Waals surface area (Å²) < 4.78 is 4.71. The van der Waals surface area contributed by atoms with Crippen LogP contribution in [0, 0.1) is 0 Å². The fraction of sp³-hybridized carbons (Fsp3) is 0.0909. The molecular formula is C22H18O3. The van der Waals surface area contributed by atoms with Gasteiger partial charge in [-0.3, -0.25) is 4.79 Å². The summed E-state index contributed by atoms with van der Waals surface area (Å²) >= 11 is 0. The number of methoxy groups -OCH3 is 1. The molecule has 0 aliphatic heterocycles. The second-order valence-electron chi connectivity index (χ2n) is 5.78. The van der Waals surface area contributed by atoms with Gasteiger partial charge in [0.1, 0.15) is 0 Å². The van der Waals surface area contributed by atoms with Crippen LogP contribution in [0.15, 0.2) is 72.8 Å². The number of ketones is 1. The molecule has 0 bridgehead atoms. The second-order valence-corrected chi connectivity index (χ2v) is 5.78. The van der Waals surface area contributed by atoms with E-state index in [1.165, 1.54) is 7.11 Å². The van der Waals surface area contributed by atoms with Crippen LogP contribution in [0.25, 0.3) is 22.3 Å². The van der Waals surface area contributed by atoms with Crippen molar-refractivity contribution in [2.45, 2.75) is 6.92 Å². The Kier molecular flexibility index (Phi) is 4.75. The Morgan fingerprint density at radius 1 is 0.600 bits per heavy atom. The van der Waals surface area contributed by atoms with E-state index in [0.29, 0.717) is 11.1 Å². The van der Waals surface area contributed by atoms with Gasteiger partial charge in [0.25, 0.3) is 0 Å². The van der Waals surface area contributed by atoms with E-state index in [2.05, 4.69) is 0 Å². The molecule has 0 aliphatic rings. The lowest BCUT2D eigenvalue weighted by Gasteiger charge is -2.06. The molecule has 0 spiro atoms. The van der Waals surface area contributed by atoms with Crippen LogP contribution in [-0.4, -0.2) is 18.9 Å². The van der Waals surface area contributed by atoms with Gasteiger partial charge in [-0.15, -0.1) is 0 Å². The Morgan fingerprint density at radius 3 is 1.24 bits per heavy atom. The first-order valence-electron chi connectivity index (χ1n) is 7.98. The van der Waals surface area contributed by atoms with Crippen LogP contribution in [-0.2, 0) is 4.74 Å². The summed E-state index contributed by atoms with van der Waals surface area (Å²) in [4.78, 5) is 22.8. The van der Waals surface area contributed by atoms with Crippen molar-refractivity contribution in [3.63, 3.8) is 0 Å². The summed E-state index contributed by atoms with van der Waals surface area (Å²) in [5, 5.41) is 0. The molecule has 3 heteroatoms. The van der Waals surface area contributed by atoms with Gasteiger partial charge >= 0.3 is 5.97 Å². The zero-order valence-electron chi connectivity index (χ0n) is 14.2. The maximum Gasteiger partial charge on any atom is 0.337 e. The lowest BCUT2D eigenvalue weighted by atomic mass is 9.98. The minimum absolute atomic E-state index is 0.0669. The monoisotopic (exact) mass is 330 g/mol. The fourth-order valence-corrected chi connectivity index (χ4v) is 2.67. The number of benzene rings is 3. The van der Waals surface area contributed by atoms with Gasteiger partial charge in [0.15, 0.2) is 5.78 Å². The van der Waals surface area contributed by atoms with Crippen molar-refractivity contribution in [2.75, 3.05) is 7.11 Å². The van der Waals surface area contributed by atoms with Crippen molar-refractivity contribution in [3.8, 4) is 22.3 Å². The minimum atomic E-state index is -0.337. The van der Waals surface area contributed by atoms with E-state index in [-0.39, 0.29) is 11.8 Å². The third-order valence-electron chi connectivity index (χ3n) is 4.15. The van der Waals surface area contributed by atoms with Gasteiger partial charge in [-0.05, 0) is 41.3 Å². The first-order chi connectivity index (χ1) is 12.1. The van der Waals surface area contributed by atoms with Crippen LogP contribution >= 0.6 is 0 Å². The highest BCUT2D eigenvalue weighted by atomic mass is 16.5. The molecule has 0 fully saturated rings. The molecule has 0 aliphatic carbocycles. The highest BCUT2D eigenvalue weighted by molar-refractivity contribution is 5.94. The zero-order chi connectivity index (χ0) is 17.8. The smallest absolute Gasteiger partial charge is 0.337 e. The number of Topliss-reactive ketones (excluding diaryl/α,β-unsaturated/α-hetero) is 1. The molecule has 0 saturated carbocycles. The fourth-order valence-electron chi connectivity index (χ4n) is 2.67. The van der Waals surface area contributed by atoms with E-state index >= 15 is 0 Å². The summed E-state index contributed by atoms with van der Waals surface area (Å²) in [6.07, 6.45) is 0. The topological polar surface area (TPSA) is 43.4 Å². The number of carbonyl (C=O) groups is 2. The van der Waals surface area contributed by atoms with Crippen molar-refractivity contribution in [1.82, 2.24) is 0 Å². The summed E-state index contributed by atoms with van der Waals surface area (Å²) in [6, 6.07) is 23.1. The van der Waals surface area contributed by atoms with Crippen molar-refractivity contribution in [1.29, 1.82) is 0 Å². The van der Waals surface area contributed by atoms with Crippen LogP contribution in [0.5, 0.6) is 0 Å². The summed E-state index contributed by atoms with van der Waals surface area (Å²) in [7, 11) is 1.37. The summed E-state index contributed by atoms with van der Waals surface area (Å²) in [5.74, 6) is -0.270. The molecular weight excluding hydrogens is 312 g/mol. The van der Waals surface area contributed by atoms with Gasteiger partial charge in [-0.1, -0.05) is 60.7 Å². The van der Waals surface area contributed by atoms with E-state index in [0.717, 1.165) is 22.3 Å². The Morgan fingerprint density at radius 2 is 0.920 bits per heavy atom. The molecule has 3 nitrogen and oxygen atoms in total. The average molecular weight is 330 g/mol. The number of hydrogen-bond donors (Lipinski definition) is 0. The number of carbonyl (C=O) groups excluding carboxylic acids is 2. The standard InChI is InChI=1S/C22H18O3/c1-15(23)16-3-5-17(6-4-16)18-7-9-19(10-8-18)20-11-13-21(14-12-20)22(24)25-2/h3-14H,1-2H3. The Hall–Kier alpha value is -3.20. The lowest BCUT2D eigenvalue weighted by molar-refractivity contribution is 0.0600. The molecule has 25 heavy (non-hydrogen) atoms. The number of hydrogen-bond acceptors (Lipinski definition) is 3. The molecule has 3 aromatic rings. The van der Waals surface area contributed by atoms with Crippen molar-refractivity contribution in [2.24, 2.45) is 0 Å². The molecule has 0 amide bonds. The molecule has 3 aromatic carbocycles. The SMILES string of the molecule is COC(=O)c1ccc(-c2ccc(-c3ccc(C(C)=O)cc3)cc2)cc1. The van der Waals surface area contributed by atoms with Gasteiger partial charge in [0.2, 0.25) is 0 Å². The van der Waals surface area contributed by atoms with Gasteiger partial charge < -0.3 is 4.74 Å². The third-order valence-corrected chi connectivity index (χ3v) is 4.15. The predicted molar refractivity (Wildman–Crippen MR) is 98.7 cm³/mol. The predicted octanol–water partition coefficient (Wildman–Crippen LogP) is 5.01. The van der Waals surface area contributed by atoms with Gasteiger partial charge in [0, 0.05) is 5.56 Å². The number of esters is 1. The first kappa shape index (κ1) is 16.7.